The van der Waals surface area contributed by atoms with E-state index >= 15 is 0 Å². The Labute approximate surface area is 105 Å². The van der Waals surface area contributed by atoms with E-state index in [0.717, 1.165) is 29.8 Å². The second-order valence-electron chi connectivity index (χ2n) is 5.56. The molecule has 1 aliphatic carbocycles. The van der Waals surface area contributed by atoms with Gasteiger partial charge in [-0.15, -0.1) is 0 Å². The van der Waals surface area contributed by atoms with Crippen molar-refractivity contribution in [1.29, 1.82) is 0 Å². The maximum Gasteiger partial charge on any atom is 0.0603 e. The van der Waals surface area contributed by atoms with Crippen LogP contribution in [0.25, 0.3) is 0 Å². The lowest BCUT2D eigenvalue weighted by atomic mass is 9.82. The topological polar surface area (TPSA) is 38.0 Å². The number of hydrogen-bond acceptors (Lipinski definition) is 2. The molecule has 2 atom stereocenters. The van der Waals surface area contributed by atoms with Crippen LogP contribution in [0.2, 0.25) is 0 Å². The molecule has 2 unspecified atom stereocenters. The summed E-state index contributed by atoms with van der Waals surface area (Å²) in [5.74, 6) is 1.71. The smallest absolute Gasteiger partial charge is 0.0603 e. The Kier molecular flexibility index (Phi) is 3.93. The zero-order valence-corrected chi connectivity index (χ0v) is 11.0. The van der Waals surface area contributed by atoms with Crippen LogP contribution in [-0.4, -0.2) is 6.54 Å². The molecule has 0 heterocycles. The molecule has 3 N–H and O–H groups in total. The monoisotopic (exact) mass is 232 g/mol. The van der Waals surface area contributed by atoms with E-state index in [4.69, 9.17) is 5.73 Å². The molecule has 1 fully saturated rings. The van der Waals surface area contributed by atoms with E-state index in [1.165, 1.54) is 31.2 Å². The number of nitrogen functional groups attached to an aromatic ring is 1. The summed E-state index contributed by atoms with van der Waals surface area (Å²) in [6.45, 7) is 5.55. The van der Waals surface area contributed by atoms with Gasteiger partial charge in [-0.3, -0.25) is 0 Å². The summed E-state index contributed by atoms with van der Waals surface area (Å²) in [6.07, 6.45) is 5.52. The molecule has 94 valence electrons. The number of hydrogen-bond donors (Lipinski definition) is 2. The molecule has 2 heteroatoms. The number of nitrogens with one attached hydrogen (secondary N) is 1. The standard InChI is InChI=1S/C15H24N2/c1-11-5-3-7-13(9-11)10-17-15-12(2)6-4-8-14(15)16/h4,6,8,11,13,17H,3,5,7,9-10,16H2,1-2H3. The number of benzene rings is 1. The van der Waals surface area contributed by atoms with Crippen LogP contribution >= 0.6 is 0 Å². The average molecular weight is 232 g/mol. The van der Waals surface area contributed by atoms with Crippen molar-refractivity contribution in [3.05, 3.63) is 23.8 Å². The Morgan fingerprint density at radius 3 is 2.88 bits per heavy atom. The summed E-state index contributed by atoms with van der Waals surface area (Å²) in [5.41, 5.74) is 9.25. The minimum absolute atomic E-state index is 0.817. The highest BCUT2D eigenvalue weighted by atomic mass is 14.9. The molecule has 1 aromatic rings. The second-order valence-corrected chi connectivity index (χ2v) is 5.56. The van der Waals surface area contributed by atoms with E-state index in [0.29, 0.717) is 0 Å². The SMILES string of the molecule is Cc1cccc(N)c1NCC1CCCC(C)C1. The highest BCUT2D eigenvalue weighted by molar-refractivity contribution is 5.69. The van der Waals surface area contributed by atoms with Gasteiger partial charge in [0.15, 0.2) is 0 Å². The predicted octanol–water partition coefficient (Wildman–Crippen LogP) is 3.82. The van der Waals surface area contributed by atoms with Crippen molar-refractivity contribution in [3.8, 4) is 0 Å². The first kappa shape index (κ1) is 12.3. The van der Waals surface area contributed by atoms with E-state index in [2.05, 4.69) is 25.2 Å². The van der Waals surface area contributed by atoms with Crippen LogP contribution in [-0.2, 0) is 0 Å². The molecule has 2 nitrogen and oxygen atoms in total. The van der Waals surface area contributed by atoms with Crippen LogP contribution < -0.4 is 11.1 Å². The van der Waals surface area contributed by atoms with E-state index in [-0.39, 0.29) is 0 Å². The quantitative estimate of drug-likeness (QED) is 0.778. The lowest BCUT2D eigenvalue weighted by Gasteiger charge is -2.27. The lowest BCUT2D eigenvalue weighted by Crippen LogP contribution is -2.21. The molecule has 0 radical (unpaired) electrons. The molecule has 0 saturated heterocycles. The fourth-order valence-electron chi connectivity index (χ4n) is 2.92. The number of para-hydroxylation sites is 1. The van der Waals surface area contributed by atoms with Crippen molar-refractivity contribution in [3.63, 3.8) is 0 Å². The molecule has 0 aliphatic heterocycles. The molecule has 0 bridgehead atoms. The highest BCUT2D eigenvalue weighted by Gasteiger charge is 2.18. The van der Waals surface area contributed by atoms with Crippen LogP contribution in [0.3, 0.4) is 0 Å². The summed E-state index contributed by atoms with van der Waals surface area (Å²) in [4.78, 5) is 0. The van der Waals surface area contributed by atoms with E-state index in [1.54, 1.807) is 0 Å². The van der Waals surface area contributed by atoms with Gasteiger partial charge in [-0.25, -0.2) is 0 Å². The fourth-order valence-corrected chi connectivity index (χ4v) is 2.92. The Morgan fingerprint density at radius 2 is 2.18 bits per heavy atom. The van der Waals surface area contributed by atoms with Gasteiger partial charge in [0.2, 0.25) is 0 Å². The van der Waals surface area contributed by atoms with Crippen molar-refractivity contribution in [2.75, 3.05) is 17.6 Å². The normalized spacial score (nSPS) is 24.6. The van der Waals surface area contributed by atoms with Crippen LogP contribution in [0.15, 0.2) is 18.2 Å². The van der Waals surface area contributed by atoms with E-state index < -0.39 is 0 Å². The summed E-state index contributed by atoms with van der Waals surface area (Å²) < 4.78 is 0. The highest BCUT2D eigenvalue weighted by Crippen LogP contribution is 2.30. The molecule has 0 amide bonds. The van der Waals surface area contributed by atoms with Gasteiger partial charge < -0.3 is 11.1 Å². The third-order valence-corrected chi connectivity index (χ3v) is 3.92. The maximum atomic E-state index is 6.00. The molecular weight excluding hydrogens is 208 g/mol. The van der Waals surface area contributed by atoms with Gasteiger partial charge in [0.05, 0.1) is 11.4 Å². The molecule has 0 aromatic heterocycles. The van der Waals surface area contributed by atoms with Crippen molar-refractivity contribution < 1.29 is 0 Å². The average Bonchev–Trinajstić information content (AvgIpc) is 2.28. The minimum Gasteiger partial charge on any atom is -0.397 e. The Bertz CT molecular complexity index is 353. The summed E-state index contributed by atoms with van der Waals surface area (Å²) in [7, 11) is 0. The molecule has 1 aliphatic rings. The zero-order chi connectivity index (χ0) is 12.3. The van der Waals surface area contributed by atoms with Crippen LogP contribution in [0.1, 0.15) is 38.2 Å². The number of anilines is 2. The summed E-state index contributed by atoms with van der Waals surface area (Å²) >= 11 is 0. The van der Waals surface area contributed by atoms with Crippen molar-refractivity contribution in [1.82, 2.24) is 0 Å². The first-order valence-corrected chi connectivity index (χ1v) is 6.75. The Balaban J connectivity index is 1.93. The van der Waals surface area contributed by atoms with E-state index in [1.807, 2.05) is 12.1 Å². The largest absolute Gasteiger partial charge is 0.397 e. The molecule has 1 saturated carbocycles. The van der Waals surface area contributed by atoms with Crippen LogP contribution in [0.4, 0.5) is 11.4 Å². The number of aryl methyl sites for hydroxylation is 1. The van der Waals surface area contributed by atoms with Gasteiger partial charge in [-0.1, -0.05) is 31.9 Å². The first-order valence-electron chi connectivity index (χ1n) is 6.75. The van der Waals surface area contributed by atoms with Gasteiger partial charge >= 0.3 is 0 Å². The van der Waals surface area contributed by atoms with Gasteiger partial charge in [-0.2, -0.15) is 0 Å². The molecule has 1 aromatic carbocycles. The number of nitrogens with two attached hydrogens (primary N) is 1. The van der Waals surface area contributed by atoms with Gasteiger partial charge in [0.25, 0.3) is 0 Å². The molecule has 2 rings (SSSR count). The zero-order valence-electron chi connectivity index (χ0n) is 11.0. The van der Waals surface area contributed by atoms with Crippen molar-refractivity contribution >= 4 is 11.4 Å². The minimum atomic E-state index is 0.817. The molecular formula is C15H24N2. The summed E-state index contributed by atoms with van der Waals surface area (Å²) in [6, 6.07) is 6.10. The third-order valence-electron chi connectivity index (χ3n) is 3.92. The van der Waals surface area contributed by atoms with Crippen LogP contribution in [0.5, 0.6) is 0 Å². The predicted molar refractivity (Wildman–Crippen MR) is 75.2 cm³/mol. The first-order chi connectivity index (χ1) is 8.16. The van der Waals surface area contributed by atoms with Gasteiger partial charge in [-0.05, 0) is 43.2 Å². The third kappa shape index (κ3) is 3.15. The van der Waals surface area contributed by atoms with Gasteiger partial charge in [0, 0.05) is 6.54 Å². The molecule has 17 heavy (non-hydrogen) atoms. The summed E-state index contributed by atoms with van der Waals surface area (Å²) in [5, 5.41) is 3.55. The fraction of sp³-hybridized carbons (Fsp3) is 0.600. The van der Waals surface area contributed by atoms with E-state index in [9.17, 15) is 0 Å². The second kappa shape index (κ2) is 5.44. The van der Waals surface area contributed by atoms with Crippen molar-refractivity contribution in [2.24, 2.45) is 11.8 Å². The molecule has 0 spiro atoms. The Hall–Kier alpha value is -1.18. The lowest BCUT2D eigenvalue weighted by molar-refractivity contribution is 0.293. The Morgan fingerprint density at radius 1 is 1.35 bits per heavy atom. The van der Waals surface area contributed by atoms with Gasteiger partial charge in [0.1, 0.15) is 0 Å². The maximum absolute atomic E-state index is 6.00. The van der Waals surface area contributed by atoms with Crippen LogP contribution in [0, 0.1) is 18.8 Å². The van der Waals surface area contributed by atoms with Crippen molar-refractivity contribution in [2.45, 2.75) is 39.5 Å². The number of rotatable bonds is 3.